The molecule has 1 aromatic carbocycles. The van der Waals surface area contributed by atoms with Crippen LogP contribution in [-0.2, 0) is 20.1 Å². The summed E-state index contributed by atoms with van der Waals surface area (Å²) in [5.74, 6) is -3.45. The number of benzene rings is 1. The first-order valence-electron chi connectivity index (χ1n) is 9.44. The van der Waals surface area contributed by atoms with E-state index in [-0.39, 0.29) is 23.9 Å². The van der Waals surface area contributed by atoms with E-state index in [9.17, 15) is 13.6 Å². The van der Waals surface area contributed by atoms with Crippen LogP contribution >= 0.6 is 0 Å². The van der Waals surface area contributed by atoms with Crippen LogP contribution in [0.25, 0.3) is 11.1 Å². The van der Waals surface area contributed by atoms with Gasteiger partial charge in [0, 0.05) is 32.3 Å². The highest BCUT2D eigenvalue weighted by Gasteiger charge is 2.34. The average Bonchev–Trinajstić information content (AvgIpc) is 3.19. The van der Waals surface area contributed by atoms with Gasteiger partial charge in [-0.2, -0.15) is 5.10 Å². The van der Waals surface area contributed by atoms with E-state index < -0.39 is 12.5 Å². The number of alkyl halides is 2. The number of carbonyl (C=O) groups excluding carboxylic acids is 1. The predicted octanol–water partition coefficient (Wildman–Crippen LogP) is 3.38. The molecule has 0 saturated heterocycles. The summed E-state index contributed by atoms with van der Waals surface area (Å²) in [5, 5.41) is 4.36. The molecule has 0 fully saturated rings. The molecule has 7 nitrogen and oxygen atoms in total. The number of hydrogen-bond acceptors (Lipinski definition) is 5. The second kappa shape index (κ2) is 7.47. The van der Waals surface area contributed by atoms with Crippen LogP contribution < -0.4 is 4.74 Å². The van der Waals surface area contributed by atoms with Gasteiger partial charge < -0.3 is 9.64 Å². The fourth-order valence-corrected chi connectivity index (χ4v) is 3.47. The highest BCUT2D eigenvalue weighted by atomic mass is 19.3. The summed E-state index contributed by atoms with van der Waals surface area (Å²) in [6, 6.07) is 7.90. The zero-order valence-electron chi connectivity index (χ0n) is 16.9. The zero-order valence-corrected chi connectivity index (χ0v) is 16.9. The predicted molar refractivity (Wildman–Crippen MR) is 105 cm³/mol. The van der Waals surface area contributed by atoms with Crippen molar-refractivity contribution in [3.05, 3.63) is 59.3 Å². The third-order valence-electron chi connectivity index (χ3n) is 4.85. The van der Waals surface area contributed by atoms with Crippen molar-refractivity contribution in [1.82, 2.24) is 24.6 Å². The topological polar surface area (TPSA) is 73.1 Å². The monoisotopic (exact) mass is 413 g/mol. The summed E-state index contributed by atoms with van der Waals surface area (Å²) in [5.41, 5.74) is 4.62. The number of fused-ring (bicyclic) bond motifs is 1. The number of aromatic nitrogens is 4. The van der Waals surface area contributed by atoms with E-state index in [4.69, 9.17) is 4.74 Å². The lowest BCUT2D eigenvalue weighted by Gasteiger charge is -2.16. The van der Waals surface area contributed by atoms with Crippen molar-refractivity contribution in [1.29, 1.82) is 0 Å². The van der Waals surface area contributed by atoms with Crippen molar-refractivity contribution in [2.45, 2.75) is 32.9 Å². The van der Waals surface area contributed by atoms with Crippen molar-refractivity contribution >= 4 is 5.91 Å². The Morgan fingerprint density at radius 3 is 2.57 bits per heavy atom. The average molecular weight is 413 g/mol. The van der Waals surface area contributed by atoms with Gasteiger partial charge in [0.25, 0.3) is 11.8 Å². The molecular formula is C21H21F2N5O2. The summed E-state index contributed by atoms with van der Waals surface area (Å²) in [4.78, 5) is 22.4. The molecule has 4 rings (SSSR count). The van der Waals surface area contributed by atoms with Crippen molar-refractivity contribution in [3.8, 4) is 17.0 Å². The van der Waals surface area contributed by atoms with Gasteiger partial charge >= 0.3 is 0 Å². The van der Waals surface area contributed by atoms with E-state index in [0.29, 0.717) is 12.2 Å². The molecule has 1 amide bonds. The number of nitrogens with zero attached hydrogens (tertiary/aromatic N) is 5. The van der Waals surface area contributed by atoms with Crippen LogP contribution in [0.3, 0.4) is 0 Å². The third kappa shape index (κ3) is 4.00. The molecule has 0 N–H and O–H groups in total. The molecule has 1 aliphatic heterocycles. The lowest BCUT2D eigenvalue weighted by molar-refractivity contribution is -0.0245. The van der Waals surface area contributed by atoms with Crippen LogP contribution in [0.15, 0.2) is 36.8 Å². The maximum Gasteiger partial charge on any atom is 0.278 e. The summed E-state index contributed by atoms with van der Waals surface area (Å²) >= 11 is 0. The molecule has 0 saturated carbocycles. The van der Waals surface area contributed by atoms with Gasteiger partial charge in [0.2, 0.25) is 5.88 Å². The van der Waals surface area contributed by atoms with Crippen LogP contribution in [0.2, 0.25) is 0 Å². The van der Waals surface area contributed by atoms with Crippen LogP contribution in [0.4, 0.5) is 8.78 Å². The number of hydrogen-bond donors (Lipinski definition) is 0. The Morgan fingerprint density at radius 1 is 1.20 bits per heavy atom. The minimum Gasteiger partial charge on any atom is -0.471 e. The van der Waals surface area contributed by atoms with Crippen LogP contribution in [0.5, 0.6) is 5.88 Å². The molecule has 1 aliphatic rings. The first-order valence-corrected chi connectivity index (χ1v) is 9.44. The van der Waals surface area contributed by atoms with E-state index >= 15 is 0 Å². The van der Waals surface area contributed by atoms with Crippen LogP contribution in [0.1, 0.15) is 34.2 Å². The number of ether oxygens (including phenoxy) is 1. The fourth-order valence-electron chi connectivity index (χ4n) is 3.47. The Balaban J connectivity index is 1.49. The summed E-state index contributed by atoms with van der Waals surface area (Å²) in [6.07, 6.45) is 3.19. The molecule has 0 radical (unpaired) electrons. The van der Waals surface area contributed by atoms with Crippen molar-refractivity contribution in [2.24, 2.45) is 7.05 Å². The number of carbonyl (C=O) groups is 1. The third-order valence-corrected chi connectivity index (χ3v) is 4.85. The lowest BCUT2D eigenvalue weighted by Crippen LogP contribution is -2.25. The summed E-state index contributed by atoms with van der Waals surface area (Å²) in [6.45, 7) is 2.50. The largest absolute Gasteiger partial charge is 0.471 e. The molecule has 3 aromatic rings. The number of halogens is 2. The Labute approximate surface area is 172 Å². The Kier molecular flexibility index (Phi) is 4.97. The van der Waals surface area contributed by atoms with E-state index in [2.05, 4.69) is 15.1 Å². The Bertz CT molecular complexity index is 1090. The maximum atomic E-state index is 13.1. The molecule has 2 aromatic heterocycles. The Morgan fingerprint density at radius 2 is 1.93 bits per heavy atom. The van der Waals surface area contributed by atoms with E-state index in [0.717, 1.165) is 29.3 Å². The zero-order chi connectivity index (χ0) is 21.5. The van der Waals surface area contributed by atoms with Gasteiger partial charge in [0.05, 0.1) is 17.9 Å². The highest BCUT2D eigenvalue weighted by molar-refractivity contribution is 5.99. The fraction of sp³-hybridized carbons (Fsp3) is 0.333. The van der Waals surface area contributed by atoms with Crippen molar-refractivity contribution in [3.63, 3.8) is 0 Å². The number of aryl methyl sites for hydroxylation is 2. The Hall–Kier alpha value is -3.36. The lowest BCUT2D eigenvalue weighted by atomic mass is 10.0. The molecule has 9 heteroatoms. The molecule has 30 heavy (non-hydrogen) atoms. The second-order valence-corrected chi connectivity index (χ2v) is 7.52. The first-order chi connectivity index (χ1) is 14.2. The molecule has 0 atom stereocenters. The molecular weight excluding hydrogens is 392 g/mol. The van der Waals surface area contributed by atoms with Gasteiger partial charge in [-0.15, -0.1) is 0 Å². The molecule has 156 valence electrons. The smallest absolute Gasteiger partial charge is 0.278 e. The summed E-state index contributed by atoms with van der Waals surface area (Å²) < 4.78 is 33.1. The van der Waals surface area contributed by atoms with Gasteiger partial charge in [-0.3, -0.25) is 9.48 Å². The molecule has 0 unspecified atom stereocenters. The van der Waals surface area contributed by atoms with Gasteiger partial charge in [-0.1, -0.05) is 24.3 Å². The molecule has 0 spiro atoms. The minimum atomic E-state index is -3.02. The molecule has 0 aliphatic carbocycles. The van der Waals surface area contributed by atoms with E-state index in [1.165, 1.54) is 6.33 Å². The SMILES string of the molecule is Cc1nn(C)cc1-c1ccc(CN2Cc3ncnc(OCC(C)(F)F)c3C2=O)cc1. The van der Waals surface area contributed by atoms with Gasteiger partial charge in [0.15, 0.2) is 6.61 Å². The van der Waals surface area contributed by atoms with Crippen molar-refractivity contribution in [2.75, 3.05) is 6.61 Å². The number of rotatable bonds is 6. The van der Waals surface area contributed by atoms with E-state index in [1.807, 2.05) is 44.4 Å². The van der Waals surface area contributed by atoms with Crippen molar-refractivity contribution < 1.29 is 18.3 Å². The normalized spacial score (nSPS) is 13.6. The second-order valence-electron chi connectivity index (χ2n) is 7.52. The molecule has 0 bridgehead atoms. The summed E-state index contributed by atoms with van der Waals surface area (Å²) in [7, 11) is 1.88. The van der Waals surface area contributed by atoms with Gasteiger partial charge in [0.1, 0.15) is 11.9 Å². The van der Waals surface area contributed by atoms with Crippen LogP contribution in [-0.4, -0.2) is 43.1 Å². The first kappa shape index (κ1) is 19.9. The quantitative estimate of drug-likeness (QED) is 0.620. The standard InChI is InChI=1S/C21H21F2N5O2/c1-13-16(9-27(3)26-13)15-6-4-14(5-7-15)8-28-10-17-18(20(28)29)19(25-12-24-17)30-11-21(2,22)23/h4-7,9,12H,8,10-11H2,1-3H3. The van der Waals surface area contributed by atoms with Crippen LogP contribution in [0, 0.1) is 6.92 Å². The highest BCUT2D eigenvalue weighted by Crippen LogP contribution is 2.30. The van der Waals surface area contributed by atoms with Gasteiger partial charge in [-0.05, 0) is 18.1 Å². The maximum absolute atomic E-state index is 13.1. The number of amides is 1. The molecule has 3 heterocycles. The van der Waals surface area contributed by atoms with Gasteiger partial charge in [-0.25, -0.2) is 18.7 Å². The van der Waals surface area contributed by atoms with E-state index in [1.54, 1.807) is 9.58 Å². The minimum absolute atomic E-state index is 0.101.